The molecular formula is C17H15N5S. The molecular weight excluding hydrogens is 306 g/mol. The molecule has 5 nitrogen and oxygen atoms in total. The van der Waals surface area contributed by atoms with Crippen molar-refractivity contribution in [3.8, 4) is 10.6 Å². The van der Waals surface area contributed by atoms with E-state index in [2.05, 4.69) is 26.5 Å². The molecule has 23 heavy (non-hydrogen) atoms. The highest BCUT2D eigenvalue weighted by molar-refractivity contribution is 7.13. The fourth-order valence-electron chi connectivity index (χ4n) is 2.45. The van der Waals surface area contributed by atoms with Crippen molar-refractivity contribution in [2.75, 3.05) is 0 Å². The normalized spacial score (nSPS) is 11.7. The Morgan fingerprint density at radius 1 is 1.13 bits per heavy atom. The number of pyridine rings is 1. The summed E-state index contributed by atoms with van der Waals surface area (Å²) in [6.45, 7) is 2.03. The number of rotatable bonds is 3. The molecule has 0 fully saturated rings. The van der Waals surface area contributed by atoms with Crippen molar-refractivity contribution < 1.29 is 0 Å². The van der Waals surface area contributed by atoms with Gasteiger partial charge in [0.05, 0.1) is 10.6 Å². The molecule has 0 aliphatic rings. The first-order valence-corrected chi connectivity index (χ1v) is 8.16. The highest BCUT2D eigenvalue weighted by Gasteiger charge is 2.07. The van der Waals surface area contributed by atoms with Crippen LogP contribution >= 0.6 is 11.3 Å². The van der Waals surface area contributed by atoms with E-state index >= 15 is 0 Å². The Kier molecular flexibility index (Phi) is 3.31. The van der Waals surface area contributed by atoms with Gasteiger partial charge in [0.25, 0.3) is 0 Å². The molecule has 4 aromatic rings. The summed E-state index contributed by atoms with van der Waals surface area (Å²) in [7, 11) is 1.99. The molecule has 0 N–H and O–H groups in total. The van der Waals surface area contributed by atoms with E-state index in [1.165, 1.54) is 4.88 Å². The maximum Gasteiger partial charge on any atom is 0.175 e. The lowest BCUT2D eigenvalue weighted by atomic mass is 10.3. The van der Waals surface area contributed by atoms with Crippen LogP contribution in [-0.2, 0) is 7.05 Å². The van der Waals surface area contributed by atoms with Gasteiger partial charge < -0.3 is 4.57 Å². The van der Waals surface area contributed by atoms with Gasteiger partial charge in [-0.15, -0.1) is 16.4 Å². The van der Waals surface area contributed by atoms with E-state index < -0.39 is 0 Å². The van der Waals surface area contributed by atoms with Gasteiger partial charge in [-0.1, -0.05) is 12.1 Å². The molecule has 4 aromatic heterocycles. The van der Waals surface area contributed by atoms with Gasteiger partial charge in [-0.3, -0.25) is 0 Å². The van der Waals surface area contributed by atoms with Crippen LogP contribution < -0.4 is 0 Å². The maximum atomic E-state index is 4.66. The molecule has 6 heteroatoms. The molecule has 0 aliphatic heterocycles. The number of thiophene rings is 1. The van der Waals surface area contributed by atoms with Gasteiger partial charge in [0.15, 0.2) is 11.5 Å². The van der Waals surface area contributed by atoms with Gasteiger partial charge >= 0.3 is 0 Å². The predicted octanol–water partition coefficient (Wildman–Crippen LogP) is 3.67. The summed E-state index contributed by atoms with van der Waals surface area (Å²) in [5.41, 5.74) is 2.98. The lowest BCUT2D eigenvalue weighted by Gasteiger charge is -1.92. The lowest BCUT2D eigenvalue weighted by Crippen LogP contribution is -1.89. The van der Waals surface area contributed by atoms with E-state index in [1.807, 2.05) is 61.3 Å². The van der Waals surface area contributed by atoms with Crippen LogP contribution in [-0.4, -0.2) is 24.1 Å². The molecule has 0 bridgehead atoms. The van der Waals surface area contributed by atoms with Crippen molar-refractivity contribution in [1.29, 1.82) is 0 Å². The Hall–Kier alpha value is -2.73. The van der Waals surface area contributed by atoms with Crippen LogP contribution in [0.4, 0.5) is 0 Å². The van der Waals surface area contributed by atoms with Crippen LogP contribution in [0.25, 0.3) is 28.4 Å². The predicted molar refractivity (Wildman–Crippen MR) is 93.2 cm³/mol. The zero-order valence-corrected chi connectivity index (χ0v) is 13.7. The third-order valence-electron chi connectivity index (χ3n) is 3.64. The molecule has 0 radical (unpaired) electrons. The maximum absolute atomic E-state index is 4.66. The Balaban J connectivity index is 1.66. The molecule has 0 saturated carbocycles. The summed E-state index contributed by atoms with van der Waals surface area (Å²) in [5, 5.41) is 6.52. The Morgan fingerprint density at radius 3 is 2.83 bits per heavy atom. The molecule has 0 aliphatic carbocycles. The Morgan fingerprint density at radius 2 is 2.04 bits per heavy atom. The zero-order chi connectivity index (χ0) is 15.8. The van der Waals surface area contributed by atoms with Gasteiger partial charge in [0.2, 0.25) is 0 Å². The van der Waals surface area contributed by atoms with Crippen molar-refractivity contribution in [2.45, 2.75) is 6.92 Å². The van der Waals surface area contributed by atoms with Crippen molar-refractivity contribution >= 4 is 29.1 Å². The number of nitrogens with zero attached hydrogens (tertiary/aromatic N) is 5. The standard InChI is InChI=1S/C17H15N5S/c1-12-5-3-9-22-17(12)19-15(20-22)7-8-16-18-13(11-21(16)2)14-6-4-10-23-14/h3-11H,1-2H3. The number of imidazole rings is 1. The van der Waals surface area contributed by atoms with Crippen LogP contribution in [0.2, 0.25) is 0 Å². The minimum Gasteiger partial charge on any atom is -0.334 e. The zero-order valence-electron chi connectivity index (χ0n) is 12.8. The number of aromatic nitrogens is 5. The van der Waals surface area contributed by atoms with E-state index in [0.29, 0.717) is 5.82 Å². The van der Waals surface area contributed by atoms with Crippen molar-refractivity contribution in [3.05, 3.63) is 59.3 Å². The topological polar surface area (TPSA) is 48.0 Å². The van der Waals surface area contributed by atoms with E-state index in [9.17, 15) is 0 Å². The van der Waals surface area contributed by atoms with Gasteiger partial charge in [-0.2, -0.15) is 0 Å². The average molecular weight is 321 g/mol. The van der Waals surface area contributed by atoms with Crippen molar-refractivity contribution in [3.63, 3.8) is 0 Å². The number of aryl methyl sites for hydroxylation is 2. The number of hydrogen-bond acceptors (Lipinski definition) is 4. The molecule has 4 rings (SSSR count). The second kappa shape index (κ2) is 5.48. The highest BCUT2D eigenvalue weighted by atomic mass is 32.1. The van der Waals surface area contributed by atoms with E-state index in [-0.39, 0.29) is 0 Å². The Labute approximate surface area is 137 Å². The van der Waals surface area contributed by atoms with E-state index in [4.69, 9.17) is 0 Å². The Bertz CT molecular complexity index is 992. The van der Waals surface area contributed by atoms with E-state index in [0.717, 1.165) is 22.7 Å². The van der Waals surface area contributed by atoms with Crippen molar-refractivity contribution in [1.82, 2.24) is 24.1 Å². The highest BCUT2D eigenvalue weighted by Crippen LogP contribution is 2.23. The first-order valence-electron chi connectivity index (χ1n) is 7.28. The molecule has 114 valence electrons. The monoisotopic (exact) mass is 321 g/mol. The summed E-state index contributed by atoms with van der Waals surface area (Å²) >= 11 is 1.69. The molecule has 0 saturated heterocycles. The van der Waals surface area contributed by atoms with Crippen LogP contribution in [0.1, 0.15) is 17.2 Å². The molecule has 0 unspecified atom stereocenters. The molecule has 0 spiro atoms. The SMILES string of the molecule is Cc1cccn2nc(C=Cc3nc(-c4cccs4)cn3C)nc12. The first-order chi connectivity index (χ1) is 11.2. The second-order valence-electron chi connectivity index (χ2n) is 5.34. The quantitative estimate of drug-likeness (QED) is 0.578. The van der Waals surface area contributed by atoms with Gasteiger partial charge in [0, 0.05) is 19.4 Å². The third-order valence-corrected chi connectivity index (χ3v) is 4.53. The fraction of sp³-hybridized carbons (Fsp3) is 0.118. The van der Waals surface area contributed by atoms with E-state index in [1.54, 1.807) is 15.9 Å². The second-order valence-corrected chi connectivity index (χ2v) is 6.28. The first kappa shape index (κ1) is 13.9. The summed E-state index contributed by atoms with van der Waals surface area (Å²) in [4.78, 5) is 10.4. The van der Waals surface area contributed by atoms with Crippen LogP contribution in [0.5, 0.6) is 0 Å². The minimum atomic E-state index is 0.681. The smallest absolute Gasteiger partial charge is 0.175 e. The van der Waals surface area contributed by atoms with Gasteiger partial charge in [0.1, 0.15) is 5.82 Å². The lowest BCUT2D eigenvalue weighted by molar-refractivity contribution is 0.897. The summed E-state index contributed by atoms with van der Waals surface area (Å²) in [6, 6.07) is 8.11. The largest absolute Gasteiger partial charge is 0.334 e. The molecule has 0 amide bonds. The third kappa shape index (κ3) is 2.57. The molecule has 0 atom stereocenters. The summed E-state index contributed by atoms with van der Waals surface area (Å²) in [5.74, 6) is 1.56. The van der Waals surface area contributed by atoms with Crippen molar-refractivity contribution in [2.24, 2.45) is 7.05 Å². The minimum absolute atomic E-state index is 0.681. The van der Waals surface area contributed by atoms with Crippen LogP contribution in [0.3, 0.4) is 0 Å². The summed E-state index contributed by atoms with van der Waals surface area (Å²) < 4.78 is 3.80. The number of hydrogen-bond donors (Lipinski definition) is 0. The van der Waals surface area contributed by atoms with Crippen LogP contribution in [0.15, 0.2) is 42.0 Å². The number of fused-ring (bicyclic) bond motifs is 1. The van der Waals surface area contributed by atoms with Gasteiger partial charge in [-0.05, 0) is 42.2 Å². The van der Waals surface area contributed by atoms with Crippen LogP contribution in [0, 0.1) is 6.92 Å². The average Bonchev–Trinajstić information content (AvgIpc) is 3.24. The van der Waals surface area contributed by atoms with Gasteiger partial charge in [-0.25, -0.2) is 14.5 Å². The molecule has 0 aromatic carbocycles. The molecule has 4 heterocycles. The summed E-state index contributed by atoms with van der Waals surface area (Å²) in [6.07, 6.45) is 7.78. The fourth-order valence-corrected chi connectivity index (χ4v) is 3.13.